The summed E-state index contributed by atoms with van der Waals surface area (Å²) in [4.78, 5) is 10.5. The second-order valence-corrected chi connectivity index (χ2v) is 4.51. The van der Waals surface area contributed by atoms with Gasteiger partial charge in [-0.2, -0.15) is 0 Å². The van der Waals surface area contributed by atoms with Crippen LogP contribution in [-0.4, -0.2) is 16.2 Å². The van der Waals surface area contributed by atoms with Crippen molar-refractivity contribution >= 4 is 17.7 Å². The summed E-state index contributed by atoms with van der Waals surface area (Å²) in [6.07, 6.45) is 0. The number of cyclic esters (lactones) is 1. The fourth-order valence-corrected chi connectivity index (χ4v) is 1.95. The molecule has 0 amide bonds. The second-order valence-electron chi connectivity index (χ2n) is 2.58. The first-order chi connectivity index (χ1) is 4.01. The highest BCUT2D eigenvalue weighted by molar-refractivity contribution is 8.02. The lowest BCUT2D eigenvalue weighted by Gasteiger charge is -2.13. The lowest BCUT2D eigenvalue weighted by atomic mass is 10.4. The smallest absolute Gasteiger partial charge is 0.320 e. The van der Waals surface area contributed by atoms with Crippen LogP contribution in [0.25, 0.3) is 0 Å². The molecule has 9 heavy (non-hydrogen) atoms. The molecule has 1 aliphatic heterocycles. The Balaban J connectivity index is 2.65. The third kappa shape index (κ3) is 1.39. The van der Waals surface area contributed by atoms with Gasteiger partial charge < -0.3 is 4.74 Å². The van der Waals surface area contributed by atoms with Gasteiger partial charge in [0.25, 0.3) is 0 Å². The third-order valence-corrected chi connectivity index (χ3v) is 2.34. The number of hydrogen-bond donors (Lipinski definition) is 0. The van der Waals surface area contributed by atoms with Crippen LogP contribution in [0.2, 0.25) is 0 Å². The monoisotopic (exact) mass is 146 g/mol. The summed E-state index contributed by atoms with van der Waals surface area (Å²) >= 11 is 1.56. The number of carbonyl (C=O) groups excluding carboxylic acids is 1. The normalized spacial score (nSPS) is 32.3. The molecule has 1 fully saturated rings. The standard InChI is InChI=1S/C6H10O2S/c1-4-5(7)8-6(2,3)9-4/h4H,1-3H3/t4-/m0/s1. The zero-order chi connectivity index (χ0) is 7.07. The molecule has 1 heterocycles. The van der Waals surface area contributed by atoms with Crippen molar-refractivity contribution in [3.8, 4) is 0 Å². The summed E-state index contributed by atoms with van der Waals surface area (Å²) in [5.74, 6) is -0.0926. The Hall–Kier alpha value is -0.180. The molecule has 0 saturated carbocycles. The van der Waals surface area contributed by atoms with Gasteiger partial charge in [-0.3, -0.25) is 4.79 Å². The Labute approximate surface area is 59.0 Å². The van der Waals surface area contributed by atoms with Gasteiger partial charge in [0, 0.05) is 0 Å². The Morgan fingerprint density at radius 3 is 2.33 bits per heavy atom. The molecule has 0 aromatic heterocycles. The fourth-order valence-electron chi connectivity index (χ4n) is 0.823. The number of ether oxygens (including phenoxy) is 1. The Kier molecular flexibility index (Phi) is 1.47. The lowest BCUT2D eigenvalue weighted by Crippen LogP contribution is -2.14. The van der Waals surface area contributed by atoms with E-state index in [1.165, 1.54) is 0 Å². The van der Waals surface area contributed by atoms with Crippen LogP contribution in [0.15, 0.2) is 0 Å². The Morgan fingerprint density at radius 1 is 1.67 bits per heavy atom. The van der Waals surface area contributed by atoms with Crippen LogP contribution in [0.3, 0.4) is 0 Å². The summed E-state index contributed by atoms with van der Waals surface area (Å²) in [6, 6.07) is 0. The van der Waals surface area contributed by atoms with Crippen molar-refractivity contribution in [3.63, 3.8) is 0 Å². The van der Waals surface area contributed by atoms with Crippen LogP contribution in [0.4, 0.5) is 0 Å². The summed E-state index contributed by atoms with van der Waals surface area (Å²) < 4.78 is 4.98. The molecule has 1 saturated heterocycles. The van der Waals surface area contributed by atoms with Gasteiger partial charge in [-0.1, -0.05) is 0 Å². The Bertz CT molecular complexity index is 142. The molecule has 0 aromatic rings. The molecule has 1 rings (SSSR count). The summed E-state index contributed by atoms with van der Waals surface area (Å²) in [5.41, 5.74) is 0. The first-order valence-electron chi connectivity index (χ1n) is 2.92. The summed E-state index contributed by atoms with van der Waals surface area (Å²) in [7, 11) is 0. The van der Waals surface area contributed by atoms with Crippen molar-refractivity contribution in [2.45, 2.75) is 31.0 Å². The molecule has 0 unspecified atom stereocenters. The summed E-state index contributed by atoms with van der Waals surface area (Å²) in [5, 5.41) is 0.0139. The van der Waals surface area contributed by atoms with E-state index in [0.29, 0.717) is 0 Å². The fraction of sp³-hybridized carbons (Fsp3) is 0.833. The van der Waals surface area contributed by atoms with Crippen molar-refractivity contribution in [1.29, 1.82) is 0 Å². The van der Waals surface area contributed by atoms with E-state index in [-0.39, 0.29) is 16.2 Å². The zero-order valence-electron chi connectivity index (χ0n) is 5.80. The van der Waals surface area contributed by atoms with E-state index in [0.717, 1.165) is 0 Å². The molecule has 52 valence electrons. The molecule has 3 heteroatoms. The van der Waals surface area contributed by atoms with E-state index in [9.17, 15) is 4.79 Å². The van der Waals surface area contributed by atoms with E-state index in [1.54, 1.807) is 11.8 Å². The highest BCUT2D eigenvalue weighted by Gasteiger charge is 2.37. The maximum atomic E-state index is 10.7. The van der Waals surface area contributed by atoms with Gasteiger partial charge in [0.1, 0.15) is 5.25 Å². The molecular formula is C6H10O2S. The van der Waals surface area contributed by atoms with E-state index in [1.807, 2.05) is 20.8 Å². The average Bonchev–Trinajstić information content (AvgIpc) is 1.79. The van der Waals surface area contributed by atoms with E-state index < -0.39 is 0 Å². The topological polar surface area (TPSA) is 26.3 Å². The maximum absolute atomic E-state index is 10.7. The number of carbonyl (C=O) groups is 1. The van der Waals surface area contributed by atoms with Gasteiger partial charge in [-0.25, -0.2) is 0 Å². The van der Waals surface area contributed by atoms with Crippen LogP contribution in [0.5, 0.6) is 0 Å². The van der Waals surface area contributed by atoms with Gasteiger partial charge >= 0.3 is 5.97 Å². The van der Waals surface area contributed by atoms with Crippen LogP contribution in [0, 0.1) is 0 Å². The van der Waals surface area contributed by atoms with Gasteiger partial charge in [-0.15, -0.1) is 11.8 Å². The minimum absolute atomic E-state index is 0.0139. The van der Waals surface area contributed by atoms with Crippen LogP contribution in [-0.2, 0) is 9.53 Å². The minimum Gasteiger partial charge on any atom is -0.448 e. The SMILES string of the molecule is C[C@@H]1SC(C)(C)OC1=O. The first kappa shape index (κ1) is 6.93. The summed E-state index contributed by atoms with van der Waals surface area (Å²) in [6.45, 7) is 5.67. The van der Waals surface area contributed by atoms with Crippen LogP contribution in [0.1, 0.15) is 20.8 Å². The highest BCUT2D eigenvalue weighted by Crippen LogP contribution is 2.37. The number of hydrogen-bond acceptors (Lipinski definition) is 3. The predicted molar refractivity (Wildman–Crippen MR) is 37.2 cm³/mol. The molecule has 1 aliphatic rings. The van der Waals surface area contributed by atoms with Gasteiger partial charge in [-0.05, 0) is 20.8 Å². The molecule has 0 aromatic carbocycles. The number of rotatable bonds is 0. The van der Waals surface area contributed by atoms with Crippen molar-refractivity contribution in [1.82, 2.24) is 0 Å². The van der Waals surface area contributed by atoms with E-state index in [2.05, 4.69) is 0 Å². The van der Waals surface area contributed by atoms with Crippen molar-refractivity contribution < 1.29 is 9.53 Å². The minimum atomic E-state index is -0.295. The lowest BCUT2D eigenvalue weighted by molar-refractivity contribution is -0.145. The molecular weight excluding hydrogens is 136 g/mol. The van der Waals surface area contributed by atoms with E-state index >= 15 is 0 Å². The quantitative estimate of drug-likeness (QED) is 0.483. The average molecular weight is 146 g/mol. The van der Waals surface area contributed by atoms with Crippen molar-refractivity contribution in [3.05, 3.63) is 0 Å². The van der Waals surface area contributed by atoms with E-state index in [4.69, 9.17) is 4.74 Å². The highest BCUT2D eigenvalue weighted by atomic mass is 32.2. The van der Waals surface area contributed by atoms with Crippen LogP contribution >= 0.6 is 11.8 Å². The molecule has 1 atom stereocenters. The molecule has 2 nitrogen and oxygen atoms in total. The molecule has 0 aliphatic carbocycles. The molecule has 0 spiro atoms. The predicted octanol–water partition coefficient (Wildman–Crippen LogP) is 1.40. The van der Waals surface area contributed by atoms with Gasteiger partial charge in [0.15, 0.2) is 4.93 Å². The molecule has 0 bridgehead atoms. The van der Waals surface area contributed by atoms with Crippen molar-refractivity contribution in [2.75, 3.05) is 0 Å². The first-order valence-corrected chi connectivity index (χ1v) is 3.80. The maximum Gasteiger partial charge on any atom is 0.320 e. The number of thioether (sulfide) groups is 1. The Morgan fingerprint density at radius 2 is 2.22 bits per heavy atom. The van der Waals surface area contributed by atoms with Gasteiger partial charge in [0.05, 0.1) is 0 Å². The zero-order valence-corrected chi connectivity index (χ0v) is 6.62. The largest absolute Gasteiger partial charge is 0.448 e. The third-order valence-electron chi connectivity index (χ3n) is 1.14. The van der Waals surface area contributed by atoms with Crippen LogP contribution < -0.4 is 0 Å². The van der Waals surface area contributed by atoms with Gasteiger partial charge in [0.2, 0.25) is 0 Å². The molecule has 0 radical (unpaired) electrons. The number of esters is 1. The van der Waals surface area contributed by atoms with Crippen molar-refractivity contribution in [2.24, 2.45) is 0 Å². The second kappa shape index (κ2) is 1.90. The molecule has 0 N–H and O–H groups in total.